The van der Waals surface area contributed by atoms with Gasteiger partial charge < -0.3 is 4.57 Å². The minimum atomic E-state index is 0.557. The van der Waals surface area contributed by atoms with Gasteiger partial charge in [0.1, 0.15) is 0 Å². The van der Waals surface area contributed by atoms with Crippen molar-refractivity contribution in [2.75, 3.05) is 0 Å². The molecule has 3 heterocycles. The highest BCUT2D eigenvalue weighted by Crippen LogP contribution is 2.41. The van der Waals surface area contributed by atoms with Crippen LogP contribution in [0.3, 0.4) is 0 Å². The van der Waals surface area contributed by atoms with Gasteiger partial charge in [-0.15, -0.1) is 0 Å². The predicted molar refractivity (Wildman–Crippen MR) is 283 cm³/mol. The summed E-state index contributed by atoms with van der Waals surface area (Å²) in [4.78, 5) is 16.3. The lowest BCUT2D eigenvalue weighted by Crippen LogP contribution is -2.07. The van der Waals surface area contributed by atoms with Crippen LogP contribution in [-0.4, -0.2) is 24.1 Å². The molecule has 0 aliphatic heterocycles. The number of hydrogen-bond acceptors (Lipinski definition) is 3. The maximum Gasteiger partial charge on any atom is 0.238 e. The van der Waals surface area contributed by atoms with Crippen molar-refractivity contribution >= 4 is 75.9 Å². The Bertz CT molecular complexity index is 4240. The minimum absolute atomic E-state index is 0.557. The van der Waals surface area contributed by atoms with Gasteiger partial charge in [-0.25, -0.2) is 4.98 Å². The van der Waals surface area contributed by atoms with E-state index in [1.54, 1.807) is 0 Å². The summed E-state index contributed by atoms with van der Waals surface area (Å²) in [6.07, 6.45) is 0. The van der Waals surface area contributed by atoms with Gasteiger partial charge in [0.25, 0.3) is 0 Å². The third kappa shape index (κ3) is 5.93. The summed E-state index contributed by atoms with van der Waals surface area (Å²) < 4.78 is 4.56. The topological polar surface area (TPSA) is 48.5 Å². The van der Waals surface area contributed by atoms with Crippen LogP contribution in [-0.2, 0) is 0 Å². The number of aromatic nitrogens is 5. The first-order chi connectivity index (χ1) is 33.7. The molecule has 0 aliphatic rings. The van der Waals surface area contributed by atoms with Crippen molar-refractivity contribution in [1.82, 2.24) is 24.1 Å². The van der Waals surface area contributed by atoms with Crippen molar-refractivity contribution in [3.63, 3.8) is 0 Å². The lowest BCUT2D eigenvalue weighted by molar-refractivity contribution is 0.952. The van der Waals surface area contributed by atoms with Crippen LogP contribution in [0.2, 0.25) is 0 Å². The summed E-state index contributed by atoms with van der Waals surface area (Å²) >= 11 is 0. The van der Waals surface area contributed by atoms with E-state index >= 15 is 0 Å². The Hall–Kier alpha value is -9.19. The summed E-state index contributed by atoms with van der Waals surface area (Å²) in [6, 6.07) is 84.6. The smallest absolute Gasteiger partial charge is 0.238 e. The Kier molecular flexibility index (Phi) is 8.52. The molecule has 3 aromatic heterocycles. The van der Waals surface area contributed by atoms with Gasteiger partial charge >= 0.3 is 0 Å². The zero-order valence-electron chi connectivity index (χ0n) is 36.8. The number of fused-ring (bicyclic) bond motifs is 12. The molecule has 0 amide bonds. The molecule has 5 nitrogen and oxygen atoms in total. The van der Waals surface area contributed by atoms with Crippen molar-refractivity contribution < 1.29 is 0 Å². The Morgan fingerprint density at radius 3 is 1.37 bits per heavy atom. The molecule has 14 rings (SSSR count). The molecule has 0 aliphatic carbocycles. The third-order valence-electron chi connectivity index (χ3n) is 13.8. The molecule has 5 heteroatoms. The first kappa shape index (κ1) is 38.1. The fourth-order valence-corrected chi connectivity index (χ4v) is 10.7. The van der Waals surface area contributed by atoms with Gasteiger partial charge in [0.15, 0.2) is 11.6 Å². The molecule has 0 spiro atoms. The standard InChI is InChI=1S/C63H39N5/c1-2-17-40(18-3-1)42-34-36-60-55(39-42)52-27-10-12-29-56(52)67(60)59-32-15-11-28-53(59)62-64-61(65-63(66-62)68-57-30-13-8-25-50(57)51-26-9-14-31-58(51)68)44-20-16-19-41(37-44)43-33-35-49-47-23-5-4-21-45(47)46-22-6-7-24-48(46)54(49)38-43/h1-39H. The van der Waals surface area contributed by atoms with E-state index in [4.69, 9.17) is 15.0 Å². The van der Waals surface area contributed by atoms with Gasteiger partial charge in [-0.3, -0.25) is 4.57 Å². The monoisotopic (exact) mass is 865 g/mol. The predicted octanol–water partition coefficient (Wildman–Crippen LogP) is 16.2. The van der Waals surface area contributed by atoms with Crippen LogP contribution in [0.4, 0.5) is 0 Å². The molecule has 11 aromatic carbocycles. The molecule has 316 valence electrons. The fourth-order valence-electron chi connectivity index (χ4n) is 10.7. The van der Waals surface area contributed by atoms with Crippen molar-refractivity contribution in [1.29, 1.82) is 0 Å². The lowest BCUT2D eigenvalue weighted by Gasteiger charge is -2.15. The van der Waals surface area contributed by atoms with E-state index in [1.807, 2.05) is 0 Å². The molecule has 14 aromatic rings. The Labute approximate surface area is 391 Å². The van der Waals surface area contributed by atoms with Crippen LogP contribution in [0.5, 0.6) is 0 Å². The highest BCUT2D eigenvalue weighted by molar-refractivity contribution is 6.25. The van der Waals surface area contributed by atoms with E-state index in [1.165, 1.54) is 54.2 Å². The lowest BCUT2D eigenvalue weighted by atomic mass is 9.92. The first-order valence-corrected chi connectivity index (χ1v) is 23.1. The van der Waals surface area contributed by atoms with Crippen LogP contribution >= 0.6 is 0 Å². The molecule has 0 fully saturated rings. The molecule has 0 saturated heterocycles. The highest BCUT2D eigenvalue weighted by Gasteiger charge is 2.22. The number of para-hydroxylation sites is 4. The second-order valence-corrected chi connectivity index (χ2v) is 17.6. The summed E-state index contributed by atoms with van der Waals surface area (Å²) in [5, 5.41) is 12.2. The van der Waals surface area contributed by atoms with Gasteiger partial charge in [0.05, 0.1) is 27.8 Å². The molecular weight excluding hydrogens is 827 g/mol. The zero-order valence-corrected chi connectivity index (χ0v) is 36.8. The quantitative estimate of drug-likeness (QED) is 0.156. The normalized spacial score (nSPS) is 11.8. The average Bonchev–Trinajstić information content (AvgIpc) is 3.93. The van der Waals surface area contributed by atoms with E-state index in [-0.39, 0.29) is 0 Å². The van der Waals surface area contributed by atoms with Gasteiger partial charge in [-0.2, -0.15) is 9.97 Å². The maximum atomic E-state index is 5.45. The van der Waals surface area contributed by atoms with Crippen molar-refractivity contribution in [3.05, 3.63) is 237 Å². The zero-order chi connectivity index (χ0) is 44.7. The molecule has 0 N–H and O–H groups in total. The minimum Gasteiger partial charge on any atom is -0.309 e. The Balaban J connectivity index is 0.989. The van der Waals surface area contributed by atoms with Crippen LogP contribution in [0.25, 0.3) is 133 Å². The number of rotatable bonds is 6. The molecule has 68 heavy (non-hydrogen) atoms. The molecule has 0 atom stereocenters. The highest BCUT2D eigenvalue weighted by atomic mass is 15.2. The van der Waals surface area contributed by atoms with Crippen molar-refractivity contribution in [3.8, 4) is 56.7 Å². The number of nitrogens with zero attached hydrogens (tertiary/aromatic N) is 5. The largest absolute Gasteiger partial charge is 0.309 e. The second-order valence-electron chi connectivity index (χ2n) is 17.6. The number of benzene rings is 11. The molecular formula is C63H39N5. The molecule has 0 bridgehead atoms. The first-order valence-electron chi connectivity index (χ1n) is 23.1. The maximum absolute atomic E-state index is 5.45. The molecule has 0 unspecified atom stereocenters. The van der Waals surface area contributed by atoms with Crippen LogP contribution in [0.1, 0.15) is 0 Å². The third-order valence-corrected chi connectivity index (χ3v) is 13.8. The van der Waals surface area contributed by atoms with Gasteiger partial charge in [-0.05, 0) is 109 Å². The van der Waals surface area contributed by atoms with Crippen LogP contribution in [0, 0.1) is 0 Å². The Morgan fingerprint density at radius 2 is 0.676 bits per heavy atom. The van der Waals surface area contributed by atoms with E-state index in [0.29, 0.717) is 17.6 Å². The summed E-state index contributed by atoms with van der Waals surface area (Å²) in [6.45, 7) is 0. The van der Waals surface area contributed by atoms with E-state index < -0.39 is 0 Å². The number of hydrogen-bond donors (Lipinski definition) is 0. The van der Waals surface area contributed by atoms with Crippen LogP contribution in [0.15, 0.2) is 237 Å². The van der Waals surface area contributed by atoms with E-state index in [0.717, 1.165) is 60.8 Å². The van der Waals surface area contributed by atoms with E-state index in [9.17, 15) is 0 Å². The van der Waals surface area contributed by atoms with Gasteiger partial charge in [0.2, 0.25) is 5.95 Å². The summed E-state index contributed by atoms with van der Waals surface area (Å²) in [5.41, 5.74) is 11.7. The van der Waals surface area contributed by atoms with Gasteiger partial charge in [0, 0.05) is 32.7 Å². The molecule has 0 saturated carbocycles. The van der Waals surface area contributed by atoms with Crippen LogP contribution < -0.4 is 0 Å². The fraction of sp³-hybridized carbons (Fsp3) is 0. The Morgan fingerprint density at radius 1 is 0.235 bits per heavy atom. The van der Waals surface area contributed by atoms with Gasteiger partial charge in [-0.1, -0.05) is 182 Å². The van der Waals surface area contributed by atoms with Crippen molar-refractivity contribution in [2.45, 2.75) is 0 Å². The SMILES string of the molecule is c1ccc(-c2ccc3c(c2)c2ccccc2n3-c2ccccc2-c2nc(-c3cccc(-c4ccc5c6ccccc6c6ccccc6c5c4)c3)nc(-n3c4ccccc4c4ccccc43)n2)cc1. The molecule has 0 radical (unpaired) electrons. The second kappa shape index (κ2) is 15.2. The summed E-state index contributed by atoms with van der Waals surface area (Å²) in [7, 11) is 0. The van der Waals surface area contributed by atoms with Crippen molar-refractivity contribution in [2.24, 2.45) is 0 Å². The summed E-state index contributed by atoms with van der Waals surface area (Å²) in [5.74, 6) is 1.74. The average molecular weight is 866 g/mol. The van der Waals surface area contributed by atoms with E-state index in [2.05, 4.69) is 246 Å².